The van der Waals surface area contributed by atoms with Gasteiger partial charge in [0.1, 0.15) is 0 Å². The first-order valence-electron chi connectivity index (χ1n) is 3.44. The number of Topliss-reactive ketones (excluding diaryl/α,β-unsaturated/α-hetero) is 1. The first-order chi connectivity index (χ1) is 4.77. The van der Waals surface area contributed by atoms with Crippen molar-refractivity contribution in [2.75, 3.05) is 0 Å². The SMILES string of the molecule is CCC/C=C/C#CC(C)=O. The largest absolute Gasteiger partial charge is 0.285 e. The topological polar surface area (TPSA) is 17.1 Å². The van der Waals surface area contributed by atoms with Gasteiger partial charge in [0.25, 0.3) is 0 Å². The minimum Gasteiger partial charge on any atom is -0.285 e. The molecule has 0 rings (SSSR count). The summed E-state index contributed by atoms with van der Waals surface area (Å²) in [4.78, 5) is 10.3. The Bertz CT molecular complexity index is 179. The van der Waals surface area contributed by atoms with Gasteiger partial charge in [-0.3, -0.25) is 4.79 Å². The number of rotatable bonds is 2. The van der Waals surface area contributed by atoms with Gasteiger partial charge in [0.15, 0.2) is 0 Å². The maximum absolute atomic E-state index is 10.3. The smallest absolute Gasteiger partial charge is 0.202 e. The van der Waals surface area contributed by atoms with E-state index in [1.807, 2.05) is 6.08 Å². The second kappa shape index (κ2) is 6.10. The molecule has 0 N–H and O–H groups in total. The summed E-state index contributed by atoms with van der Waals surface area (Å²) in [5.74, 6) is 4.99. The zero-order valence-electron chi connectivity index (χ0n) is 6.48. The molecular weight excluding hydrogens is 124 g/mol. The number of ketones is 1. The molecule has 0 aromatic heterocycles. The van der Waals surface area contributed by atoms with Gasteiger partial charge in [0, 0.05) is 6.92 Å². The van der Waals surface area contributed by atoms with Gasteiger partial charge in [0.05, 0.1) is 0 Å². The summed E-state index contributed by atoms with van der Waals surface area (Å²) in [6.07, 6.45) is 5.85. The monoisotopic (exact) mass is 136 g/mol. The summed E-state index contributed by atoms with van der Waals surface area (Å²) >= 11 is 0. The third-order valence-corrected chi connectivity index (χ3v) is 0.905. The van der Waals surface area contributed by atoms with Gasteiger partial charge in [-0.2, -0.15) is 0 Å². The molecule has 0 aromatic rings. The second-order valence-corrected chi connectivity index (χ2v) is 2.02. The van der Waals surface area contributed by atoms with Crippen LogP contribution in [0.25, 0.3) is 0 Å². The van der Waals surface area contributed by atoms with E-state index in [0.717, 1.165) is 12.8 Å². The van der Waals surface area contributed by atoms with E-state index >= 15 is 0 Å². The number of carbonyl (C=O) groups excluding carboxylic acids is 1. The highest BCUT2D eigenvalue weighted by Crippen LogP contribution is 1.86. The van der Waals surface area contributed by atoms with Crippen LogP contribution in [-0.4, -0.2) is 5.78 Å². The fourth-order valence-corrected chi connectivity index (χ4v) is 0.452. The molecule has 0 saturated heterocycles. The highest BCUT2D eigenvalue weighted by molar-refractivity contribution is 5.93. The Hall–Kier alpha value is -1.03. The van der Waals surface area contributed by atoms with Crippen molar-refractivity contribution in [3.8, 4) is 11.8 Å². The van der Waals surface area contributed by atoms with Crippen molar-refractivity contribution >= 4 is 5.78 Å². The maximum Gasteiger partial charge on any atom is 0.202 e. The van der Waals surface area contributed by atoms with E-state index in [-0.39, 0.29) is 5.78 Å². The number of unbranched alkanes of at least 4 members (excludes halogenated alkanes) is 1. The minimum absolute atomic E-state index is 0.0823. The first-order valence-corrected chi connectivity index (χ1v) is 3.44. The van der Waals surface area contributed by atoms with E-state index in [2.05, 4.69) is 18.8 Å². The van der Waals surface area contributed by atoms with Crippen molar-refractivity contribution in [1.82, 2.24) is 0 Å². The fourth-order valence-electron chi connectivity index (χ4n) is 0.452. The maximum atomic E-state index is 10.3. The van der Waals surface area contributed by atoms with E-state index < -0.39 is 0 Å². The minimum atomic E-state index is -0.0823. The molecule has 0 aliphatic rings. The summed E-state index contributed by atoms with van der Waals surface area (Å²) in [5.41, 5.74) is 0. The normalized spacial score (nSPS) is 9.00. The van der Waals surface area contributed by atoms with E-state index in [4.69, 9.17) is 0 Å². The molecule has 1 nitrogen and oxygen atoms in total. The standard InChI is InChI=1S/C9H12O/c1-3-4-5-6-7-8-9(2)10/h5-6H,3-4H2,1-2H3/b6-5+. The zero-order valence-corrected chi connectivity index (χ0v) is 6.48. The Morgan fingerprint density at radius 2 is 2.30 bits per heavy atom. The van der Waals surface area contributed by atoms with Crippen LogP contribution >= 0.6 is 0 Å². The van der Waals surface area contributed by atoms with Crippen LogP contribution in [0.15, 0.2) is 12.2 Å². The molecule has 0 spiro atoms. The van der Waals surface area contributed by atoms with Crippen LogP contribution in [0.3, 0.4) is 0 Å². The van der Waals surface area contributed by atoms with Crippen LogP contribution in [0.4, 0.5) is 0 Å². The van der Waals surface area contributed by atoms with Gasteiger partial charge in [-0.05, 0) is 18.4 Å². The number of hydrogen-bond acceptors (Lipinski definition) is 1. The van der Waals surface area contributed by atoms with E-state index in [9.17, 15) is 4.79 Å². The van der Waals surface area contributed by atoms with Crippen LogP contribution in [-0.2, 0) is 4.79 Å². The van der Waals surface area contributed by atoms with Crippen molar-refractivity contribution < 1.29 is 4.79 Å². The zero-order chi connectivity index (χ0) is 7.82. The molecule has 1 heteroatoms. The van der Waals surface area contributed by atoms with Crippen LogP contribution in [0.1, 0.15) is 26.7 Å². The molecule has 10 heavy (non-hydrogen) atoms. The summed E-state index contributed by atoms with van der Waals surface area (Å²) in [7, 11) is 0. The molecule has 54 valence electrons. The molecule has 0 unspecified atom stereocenters. The van der Waals surface area contributed by atoms with Gasteiger partial charge < -0.3 is 0 Å². The van der Waals surface area contributed by atoms with E-state index in [1.165, 1.54) is 6.92 Å². The molecule has 0 aliphatic carbocycles. The second-order valence-electron chi connectivity index (χ2n) is 2.02. The van der Waals surface area contributed by atoms with Crippen molar-refractivity contribution in [3.05, 3.63) is 12.2 Å². The summed E-state index contributed by atoms with van der Waals surface area (Å²) in [5, 5.41) is 0. The van der Waals surface area contributed by atoms with Crippen molar-refractivity contribution in [2.24, 2.45) is 0 Å². The Kier molecular flexibility index (Phi) is 5.47. The molecule has 0 bridgehead atoms. The lowest BCUT2D eigenvalue weighted by atomic mass is 10.3. The molecule has 0 amide bonds. The van der Waals surface area contributed by atoms with E-state index in [0.29, 0.717) is 0 Å². The van der Waals surface area contributed by atoms with Gasteiger partial charge in [-0.15, -0.1) is 0 Å². The molecule has 0 fully saturated rings. The summed E-state index contributed by atoms with van der Waals surface area (Å²) in [6, 6.07) is 0. The predicted molar refractivity (Wildman–Crippen MR) is 42.5 cm³/mol. The first kappa shape index (κ1) is 8.97. The van der Waals surface area contributed by atoms with Crippen LogP contribution in [0, 0.1) is 11.8 Å². The van der Waals surface area contributed by atoms with Gasteiger partial charge >= 0.3 is 0 Å². The van der Waals surface area contributed by atoms with Crippen molar-refractivity contribution in [1.29, 1.82) is 0 Å². The van der Waals surface area contributed by atoms with Crippen molar-refractivity contribution in [3.63, 3.8) is 0 Å². The molecule has 0 atom stereocenters. The summed E-state index contributed by atoms with van der Waals surface area (Å²) in [6.45, 7) is 3.56. The Morgan fingerprint density at radius 1 is 1.60 bits per heavy atom. The fraction of sp³-hybridized carbons (Fsp3) is 0.444. The molecular formula is C9H12O. The molecule has 0 saturated carbocycles. The van der Waals surface area contributed by atoms with Crippen LogP contribution < -0.4 is 0 Å². The lowest BCUT2D eigenvalue weighted by molar-refractivity contribution is -0.111. The van der Waals surface area contributed by atoms with Crippen molar-refractivity contribution in [2.45, 2.75) is 26.7 Å². The Labute approximate surface area is 62.1 Å². The third-order valence-electron chi connectivity index (χ3n) is 0.905. The van der Waals surface area contributed by atoms with Gasteiger partial charge in [-0.25, -0.2) is 0 Å². The third kappa shape index (κ3) is 6.97. The number of allylic oxidation sites excluding steroid dienone is 2. The predicted octanol–water partition coefficient (Wildman–Crippen LogP) is 1.94. The quantitative estimate of drug-likeness (QED) is 0.419. The Balaban J connectivity index is 3.54. The van der Waals surface area contributed by atoms with Crippen LogP contribution in [0.5, 0.6) is 0 Å². The highest BCUT2D eigenvalue weighted by Gasteiger charge is 1.75. The average Bonchev–Trinajstić information content (AvgIpc) is 1.87. The number of carbonyl (C=O) groups is 1. The van der Waals surface area contributed by atoms with Crippen LogP contribution in [0.2, 0.25) is 0 Å². The molecule has 0 radical (unpaired) electrons. The lowest BCUT2D eigenvalue weighted by Gasteiger charge is -1.77. The number of hydrogen-bond donors (Lipinski definition) is 0. The molecule has 0 aliphatic heterocycles. The van der Waals surface area contributed by atoms with Gasteiger partial charge in [0.2, 0.25) is 5.78 Å². The average molecular weight is 136 g/mol. The molecule has 0 heterocycles. The Morgan fingerprint density at radius 3 is 2.80 bits per heavy atom. The van der Waals surface area contributed by atoms with Gasteiger partial charge in [-0.1, -0.05) is 25.3 Å². The lowest BCUT2D eigenvalue weighted by Crippen LogP contribution is -1.78. The summed E-state index contributed by atoms with van der Waals surface area (Å²) < 4.78 is 0. The highest BCUT2D eigenvalue weighted by atomic mass is 16.1. The molecule has 0 aromatic carbocycles. The van der Waals surface area contributed by atoms with E-state index in [1.54, 1.807) is 6.08 Å².